The molecule has 1 aliphatic rings. The quantitative estimate of drug-likeness (QED) is 0.109. The van der Waals surface area contributed by atoms with Crippen molar-refractivity contribution < 1.29 is 28.7 Å². The number of nitrogens with zero attached hydrogens (tertiary/aromatic N) is 1. The van der Waals surface area contributed by atoms with Crippen LogP contribution in [0, 0.1) is 17.8 Å². The Hall–Kier alpha value is -3.00. The zero-order chi connectivity index (χ0) is 34.0. The second kappa shape index (κ2) is 16.5. The molecule has 1 unspecified atom stereocenters. The first-order valence-corrected chi connectivity index (χ1v) is 19.0. The van der Waals surface area contributed by atoms with Crippen LogP contribution >= 0.6 is 0 Å². The van der Waals surface area contributed by atoms with Gasteiger partial charge >= 0.3 is 0 Å². The number of rotatable bonds is 15. The third kappa shape index (κ3) is 11.4. The van der Waals surface area contributed by atoms with Crippen molar-refractivity contribution in [3.63, 3.8) is 0 Å². The van der Waals surface area contributed by atoms with Crippen molar-refractivity contribution in [2.45, 2.75) is 129 Å². The molecular weight excluding hydrogens is 586 g/mol. The highest BCUT2D eigenvalue weighted by molar-refractivity contribution is 6.74. The number of hydrogen-bond acceptors (Lipinski definition) is 6. The van der Waals surface area contributed by atoms with Gasteiger partial charge in [-0.2, -0.15) is 0 Å². The molecule has 1 aromatic rings. The predicted octanol–water partition coefficient (Wildman–Crippen LogP) is 4.88. The molecule has 0 spiro atoms. The number of likely N-dealkylation sites (tertiary alicyclic amines) is 1. The van der Waals surface area contributed by atoms with Gasteiger partial charge in [0.15, 0.2) is 8.32 Å². The van der Waals surface area contributed by atoms with E-state index in [0.717, 1.165) is 36.7 Å². The molecule has 9 nitrogen and oxygen atoms in total. The summed E-state index contributed by atoms with van der Waals surface area (Å²) in [6.07, 6.45) is 9.60. The molecule has 2 rings (SSSR count). The van der Waals surface area contributed by atoms with Crippen molar-refractivity contribution >= 4 is 32.3 Å². The van der Waals surface area contributed by atoms with Crippen LogP contribution in [-0.4, -0.2) is 73.7 Å². The normalized spacial score (nSPS) is 18.5. The molecule has 1 saturated heterocycles. The Morgan fingerprint density at radius 3 is 2.24 bits per heavy atom. The Labute approximate surface area is 271 Å². The van der Waals surface area contributed by atoms with Gasteiger partial charge in [0.25, 0.3) is 0 Å². The van der Waals surface area contributed by atoms with Gasteiger partial charge in [-0.1, -0.05) is 72.4 Å². The zero-order valence-electron chi connectivity index (χ0n) is 28.6. The number of terminal acetylenes is 1. The minimum Gasteiger partial charge on any atom is -0.414 e. The van der Waals surface area contributed by atoms with Crippen LogP contribution in [0.25, 0.3) is 0 Å². The fraction of sp³-hybridized carbons (Fsp3) is 0.657. The van der Waals surface area contributed by atoms with Gasteiger partial charge in [-0.3, -0.25) is 14.4 Å². The Morgan fingerprint density at radius 2 is 1.69 bits per heavy atom. The number of amides is 3. The van der Waals surface area contributed by atoms with Gasteiger partial charge < -0.3 is 29.9 Å². The van der Waals surface area contributed by atoms with Gasteiger partial charge in [0.05, 0.1) is 18.8 Å². The second-order valence-corrected chi connectivity index (χ2v) is 19.6. The minimum absolute atomic E-state index is 0.00188. The fourth-order valence-corrected chi connectivity index (χ4v) is 6.05. The molecule has 1 aromatic carbocycles. The highest BCUT2D eigenvalue weighted by Crippen LogP contribution is 2.37. The number of aliphatic hydroxyl groups excluding tert-OH is 1. The molecule has 1 aliphatic heterocycles. The van der Waals surface area contributed by atoms with Crippen LogP contribution in [0.4, 0.5) is 0 Å². The van der Waals surface area contributed by atoms with E-state index in [4.69, 9.17) is 10.8 Å². The fourth-order valence-electron chi connectivity index (χ4n) is 5.03. The lowest BCUT2D eigenvalue weighted by Gasteiger charge is -2.38. The van der Waals surface area contributed by atoms with E-state index in [9.17, 15) is 24.3 Å². The summed E-state index contributed by atoms with van der Waals surface area (Å²) in [6, 6.07) is 5.08. The van der Waals surface area contributed by atoms with Crippen molar-refractivity contribution in [3.05, 3.63) is 35.4 Å². The standard InChI is InChI=1S/C35H55N3O6Si/c1-10-25-17-19-26(20-18-25)28(24-44-45(8,9)35(5,6)7)36-32(42)29-22-27(40)23-38(29)33(43)31(34(2,3)4)37-30(41)16-14-12-11-13-15-21-39/h1,17-21,27-29,31,40H,11-16,22-24H2,2-9H3,(H,36,42)(H,37,41)/t27-,28+,29+,31?/m1/s1. The van der Waals surface area contributed by atoms with Gasteiger partial charge in [0, 0.05) is 31.4 Å². The number of aliphatic hydroxyl groups is 1. The third-order valence-electron chi connectivity index (χ3n) is 8.97. The summed E-state index contributed by atoms with van der Waals surface area (Å²) in [7, 11) is -2.16. The van der Waals surface area contributed by atoms with Crippen molar-refractivity contribution in [1.82, 2.24) is 15.5 Å². The summed E-state index contributed by atoms with van der Waals surface area (Å²) in [6.45, 7) is 16.6. The Morgan fingerprint density at radius 1 is 1.07 bits per heavy atom. The molecule has 45 heavy (non-hydrogen) atoms. The molecule has 1 heterocycles. The van der Waals surface area contributed by atoms with E-state index in [1.807, 2.05) is 45.0 Å². The first-order chi connectivity index (χ1) is 20.9. The molecule has 1 fully saturated rings. The molecular formula is C35H55N3O6Si. The van der Waals surface area contributed by atoms with Crippen LogP contribution in [-0.2, 0) is 23.6 Å². The van der Waals surface area contributed by atoms with E-state index in [0.29, 0.717) is 12.8 Å². The molecule has 10 heteroatoms. The number of unbranched alkanes of at least 4 members (excludes halogenated alkanes) is 4. The summed E-state index contributed by atoms with van der Waals surface area (Å²) in [5.74, 6) is 1.58. The van der Waals surface area contributed by atoms with Crippen LogP contribution in [0.15, 0.2) is 24.3 Å². The third-order valence-corrected chi connectivity index (χ3v) is 13.5. The molecule has 0 aromatic heterocycles. The zero-order valence-corrected chi connectivity index (χ0v) is 29.6. The van der Waals surface area contributed by atoms with Crippen molar-refractivity contribution in [2.75, 3.05) is 13.2 Å². The van der Waals surface area contributed by atoms with Crippen LogP contribution < -0.4 is 10.6 Å². The predicted molar refractivity (Wildman–Crippen MR) is 180 cm³/mol. The lowest BCUT2D eigenvalue weighted by Crippen LogP contribution is -2.58. The van der Waals surface area contributed by atoms with E-state index in [1.54, 1.807) is 0 Å². The van der Waals surface area contributed by atoms with Gasteiger partial charge in [-0.05, 0) is 54.1 Å². The van der Waals surface area contributed by atoms with E-state index in [2.05, 4.69) is 50.4 Å². The van der Waals surface area contributed by atoms with Crippen LogP contribution in [0.5, 0.6) is 0 Å². The molecule has 250 valence electrons. The van der Waals surface area contributed by atoms with E-state index in [1.165, 1.54) is 4.90 Å². The summed E-state index contributed by atoms with van der Waals surface area (Å²) >= 11 is 0. The first kappa shape index (κ1) is 38.2. The summed E-state index contributed by atoms with van der Waals surface area (Å²) in [4.78, 5) is 52.6. The molecule has 0 bridgehead atoms. The minimum atomic E-state index is -2.16. The van der Waals surface area contributed by atoms with Crippen molar-refractivity contribution in [3.8, 4) is 12.3 Å². The van der Waals surface area contributed by atoms with Gasteiger partial charge in [-0.25, -0.2) is 0 Å². The maximum atomic E-state index is 14.0. The number of benzene rings is 1. The molecule has 0 saturated carbocycles. The highest BCUT2D eigenvalue weighted by atomic mass is 28.4. The highest BCUT2D eigenvalue weighted by Gasteiger charge is 2.45. The topological polar surface area (TPSA) is 125 Å². The lowest BCUT2D eigenvalue weighted by molar-refractivity contribution is -0.144. The maximum Gasteiger partial charge on any atom is 0.246 e. The first-order valence-electron chi connectivity index (χ1n) is 16.1. The van der Waals surface area contributed by atoms with Gasteiger partial charge in [0.1, 0.15) is 18.4 Å². The van der Waals surface area contributed by atoms with Crippen LogP contribution in [0.1, 0.15) is 104 Å². The van der Waals surface area contributed by atoms with Crippen LogP contribution in [0.3, 0.4) is 0 Å². The second-order valence-electron chi connectivity index (χ2n) is 14.8. The molecule has 0 radical (unpaired) electrons. The summed E-state index contributed by atoms with van der Waals surface area (Å²) in [5.41, 5.74) is 0.908. The molecule has 3 N–H and O–H groups in total. The number of nitrogens with one attached hydrogen (secondary N) is 2. The number of carbonyl (C=O) groups is 4. The lowest BCUT2D eigenvalue weighted by atomic mass is 9.85. The van der Waals surface area contributed by atoms with E-state index in [-0.39, 0.29) is 42.8 Å². The largest absolute Gasteiger partial charge is 0.414 e. The average molecular weight is 642 g/mol. The number of hydrogen-bond donors (Lipinski definition) is 3. The Balaban J connectivity index is 2.23. The van der Waals surface area contributed by atoms with Crippen molar-refractivity contribution in [1.29, 1.82) is 0 Å². The molecule has 4 atom stereocenters. The number of β-amino-alcohol motifs (C(OH)–C–C–N with tert-alkyl or cyclic N) is 1. The number of carbonyl (C=O) groups excluding carboxylic acids is 4. The summed E-state index contributed by atoms with van der Waals surface area (Å²) < 4.78 is 6.50. The summed E-state index contributed by atoms with van der Waals surface area (Å²) in [5, 5.41) is 16.6. The Kier molecular flexibility index (Phi) is 14.0. The van der Waals surface area contributed by atoms with E-state index < -0.39 is 43.9 Å². The maximum absolute atomic E-state index is 14.0. The van der Waals surface area contributed by atoms with Gasteiger partial charge in [-0.15, -0.1) is 6.42 Å². The average Bonchev–Trinajstić information content (AvgIpc) is 3.36. The smallest absolute Gasteiger partial charge is 0.246 e. The van der Waals surface area contributed by atoms with Gasteiger partial charge in [0.2, 0.25) is 17.7 Å². The molecule has 3 amide bonds. The Bertz CT molecular complexity index is 1200. The monoisotopic (exact) mass is 641 g/mol. The van der Waals surface area contributed by atoms with E-state index >= 15 is 0 Å². The molecule has 0 aliphatic carbocycles. The SMILES string of the molecule is C#Cc1ccc([C@H](CO[Si](C)(C)C(C)(C)C)NC(=O)[C@@H]2C[C@@H](O)CN2C(=O)C(NC(=O)CCCCCCC=O)C(C)(C)C)cc1. The van der Waals surface area contributed by atoms with Crippen molar-refractivity contribution in [2.24, 2.45) is 5.41 Å². The number of aldehydes is 1. The van der Waals surface area contributed by atoms with Crippen LogP contribution in [0.2, 0.25) is 18.1 Å².